The smallest absolute Gasteiger partial charge is 0.0513 e. The molecule has 0 heterocycles. The van der Waals surface area contributed by atoms with Crippen molar-refractivity contribution in [2.24, 2.45) is 0 Å². The molecule has 0 saturated carbocycles. The van der Waals surface area contributed by atoms with Crippen LogP contribution in [-0.2, 0) is 4.74 Å². The Morgan fingerprint density at radius 3 is 2.60 bits per heavy atom. The quantitative estimate of drug-likeness (QED) is 0.576. The second-order valence-corrected chi connectivity index (χ2v) is 2.60. The number of ether oxygens (including phenoxy) is 1. The maximum Gasteiger partial charge on any atom is 0.0513 e. The minimum absolute atomic E-state index is 0.176. The summed E-state index contributed by atoms with van der Waals surface area (Å²) in [4.78, 5) is 0. The summed E-state index contributed by atoms with van der Waals surface area (Å²) in [6, 6.07) is 0. The zero-order chi connectivity index (χ0) is 7.82. The average molecular weight is 146 g/mol. The first kappa shape index (κ1) is 9.92. The molecule has 1 N–H and O–H groups in total. The Morgan fingerprint density at radius 1 is 1.40 bits per heavy atom. The van der Waals surface area contributed by atoms with Crippen molar-refractivity contribution in [3.63, 3.8) is 0 Å². The molecule has 0 aliphatic carbocycles. The fraction of sp³-hybridized carbons (Fsp3) is 1.00. The van der Waals surface area contributed by atoms with Crippen LogP contribution < -0.4 is 0 Å². The van der Waals surface area contributed by atoms with Gasteiger partial charge in [0.25, 0.3) is 0 Å². The summed E-state index contributed by atoms with van der Waals surface area (Å²) in [6.45, 7) is 5.53. The predicted octanol–water partition coefficient (Wildman–Crippen LogP) is 1.57. The van der Waals surface area contributed by atoms with Gasteiger partial charge in [0.05, 0.1) is 6.10 Å². The molecule has 0 spiro atoms. The van der Waals surface area contributed by atoms with Crippen molar-refractivity contribution in [2.45, 2.75) is 39.2 Å². The largest absolute Gasteiger partial charge is 0.393 e. The van der Waals surface area contributed by atoms with Crippen LogP contribution in [0.3, 0.4) is 0 Å². The number of hydrogen-bond acceptors (Lipinski definition) is 2. The summed E-state index contributed by atoms with van der Waals surface area (Å²) in [5.41, 5.74) is 0. The van der Waals surface area contributed by atoms with Crippen molar-refractivity contribution in [2.75, 3.05) is 13.2 Å². The fourth-order valence-corrected chi connectivity index (χ4v) is 0.727. The van der Waals surface area contributed by atoms with Crippen LogP contribution in [-0.4, -0.2) is 24.4 Å². The lowest BCUT2D eigenvalue weighted by Gasteiger charge is -2.03. The molecule has 0 aromatic carbocycles. The van der Waals surface area contributed by atoms with Crippen LogP contribution in [0.15, 0.2) is 0 Å². The summed E-state index contributed by atoms with van der Waals surface area (Å²) in [7, 11) is 0. The third-order valence-corrected chi connectivity index (χ3v) is 1.26. The fourth-order valence-electron chi connectivity index (χ4n) is 0.727. The van der Waals surface area contributed by atoms with Crippen molar-refractivity contribution in [3.05, 3.63) is 0 Å². The molecule has 0 aromatic rings. The minimum Gasteiger partial charge on any atom is -0.393 e. The van der Waals surface area contributed by atoms with E-state index in [0.29, 0.717) is 0 Å². The van der Waals surface area contributed by atoms with Crippen molar-refractivity contribution in [1.82, 2.24) is 0 Å². The summed E-state index contributed by atoms with van der Waals surface area (Å²) in [5.74, 6) is 0. The molecule has 0 saturated heterocycles. The van der Waals surface area contributed by atoms with Crippen LogP contribution >= 0.6 is 0 Å². The molecule has 0 radical (unpaired) electrons. The van der Waals surface area contributed by atoms with E-state index in [-0.39, 0.29) is 6.10 Å². The van der Waals surface area contributed by atoms with Gasteiger partial charge in [-0.05, 0) is 26.2 Å². The molecule has 0 aliphatic heterocycles. The van der Waals surface area contributed by atoms with Gasteiger partial charge in [-0.25, -0.2) is 0 Å². The van der Waals surface area contributed by atoms with E-state index < -0.39 is 0 Å². The summed E-state index contributed by atoms with van der Waals surface area (Å²) >= 11 is 0. The van der Waals surface area contributed by atoms with Crippen LogP contribution in [0.1, 0.15) is 33.1 Å². The molecule has 0 bridgehead atoms. The molecule has 1 atom stereocenters. The van der Waals surface area contributed by atoms with Crippen LogP contribution in [0.2, 0.25) is 0 Å². The van der Waals surface area contributed by atoms with Gasteiger partial charge in [-0.2, -0.15) is 0 Å². The summed E-state index contributed by atoms with van der Waals surface area (Å²) in [6.07, 6.45) is 2.72. The van der Waals surface area contributed by atoms with Crippen LogP contribution in [0.5, 0.6) is 0 Å². The molecular weight excluding hydrogens is 128 g/mol. The van der Waals surface area contributed by atoms with E-state index in [1.807, 2.05) is 0 Å². The standard InChI is InChI=1S/C8H18O2/c1-3-6-10-7-4-5-8(2)9/h8-9H,3-7H2,1-2H3. The molecule has 0 aliphatic rings. The zero-order valence-electron chi connectivity index (χ0n) is 6.97. The van der Waals surface area contributed by atoms with Crippen LogP contribution in [0, 0.1) is 0 Å². The predicted molar refractivity (Wildman–Crippen MR) is 42.0 cm³/mol. The van der Waals surface area contributed by atoms with Crippen molar-refractivity contribution < 1.29 is 9.84 Å². The topological polar surface area (TPSA) is 29.5 Å². The second kappa shape index (κ2) is 7.03. The van der Waals surface area contributed by atoms with Crippen molar-refractivity contribution >= 4 is 0 Å². The van der Waals surface area contributed by atoms with Gasteiger partial charge in [-0.3, -0.25) is 0 Å². The number of rotatable bonds is 6. The van der Waals surface area contributed by atoms with Gasteiger partial charge < -0.3 is 9.84 Å². The van der Waals surface area contributed by atoms with Crippen LogP contribution in [0.25, 0.3) is 0 Å². The molecular formula is C8H18O2. The van der Waals surface area contributed by atoms with Gasteiger partial charge in [0.2, 0.25) is 0 Å². The van der Waals surface area contributed by atoms with Gasteiger partial charge in [0.15, 0.2) is 0 Å². The Kier molecular flexibility index (Phi) is 6.98. The highest BCUT2D eigenvalue weighted by molar-refractivity contribution is 4.45. The molecule has 1 unspecified atom stereocenters. The van der Waals surface area contributed by atoms with Gasteiger partial charge in [-0.1, -0.05) is 6.92 Å². The first-order valence-electron chi connectivity index (χ1n) is 4.03. The molecule has 10 heavy (non-hydrogen) atoms. The van der Waals surface area contributed by atoms with E-state index in [4.69, 9.17) is 9.84 Å². The third-order valence-electron chi connectivity index (χ3n) is 1.26. The maximum absolute atomic E-state index is 8.85. The van der Waals surface area contributed by atoms with Gasteiger partial charge in [-0.15, -0.1) is 0 Å². The lowest BCUT2D eigenvalue weighted by atomic mass is 10.2. The Bertz CT molecular complexity index is 62.3. The Morgan fingerprint density at radius 2 is 2.10 bits per heavy atom. The monoisotopic (exact) mass is 146 g/mol. The lowest BCUT2D eigenvalue weighted by Crippen LogP contribution is -2.02. The molecule has 0 rings (SSSR count). The SMILES string of the molecule is CCCOCCCC(C)O. The summed E-state index contributed by atoms with van der Waals surface area (Å²) in [5, 5.41) is 8.85. The third kappa shape index (κ3) is 7.92. The molecule has 0 amide bonds. The van der Waals surface area contributed by atoms with Crippen molar-refractivity contribution in [3.8, 4) is 0 Å². The molecule has 0 fully saturated rings. The van der Waals surface area contributed by atoms with E-state index >= 15 is 0 Å². The number of hydrogen-bond donors (Lipinski definition) is 1. The van der Waals surface area contributed by atoms with Crippen molar-refractivity contribution in [1.29, 1.82) is 0 Å². The Balaban J connectivity index is 2.77. The minimum atomic E-state index is -0.176. The van der Waals surface area contributed by atoms with Gasteiger partial charge in [0.1, 0.15) is 0 Å². The van der Waals surface area contributed by atoms with E-state index in [2.05, 4.69) is 6.92 Å². The first-order valence-corrected chi connectivity index (χ1v) is 4.03. The van der Waals surface area contributed by atoms with E-state index in [1.54, 1.807) is 6.92 Å². The average Bonchev–Trinajstić information content (AvgIpc) is 1.87. The molecule has 2 nitrogen and oxygen atoms in total. The van der Waals surface area contributed by atoms with Crippen LogP contribution in [0.4, 0.5) is 0 Å². The zero-order valence-corrected chi connectivity index (χ0v) is 6.97. The Labute approximate surface area is 63.2 Å². The normalized spacial score (nSPS) is 13.5. The van der Waals surface area contributed by atoms with E-state index in [1.165, 1.54) is 0 Å². The van der Waals surface area contributed by atoms with E-state index in [9.17, 15) is 0 Å². The highest BCUT2D eigenvalue weighted by Gasteiger charge is 1.93. The highest BCUT2D eigenvalue weighted by Crippen LogP contribution is 1.95. The van der Waals surface area contributed by atoms with E-state index in [0.717, 1.165) is 32.5 Å². The molecule has 62 valence electrons. The number of aliphatic hydroxyl groups excluding tert-OH is 1. The highest BCUT2D eigenvalue weighted by atomic mass is 16.5. The number of aliphatic hydroxyl groups is 1. The van der Waals surface area contributed by atoms with Gasteiger partial charge >= 0.3 is 0 Å². The second-order valence-electron chi connectivity index (χ2n) is 2.60. The lowest BCUT2D eigenvalue weighted by molar-refractivity contribution is 0.112. The molecule has 0 aromatic heterocycles. The maximum atomic E-state index is 8.85. The summed E-state index contributed by atoms with van der Waals surface area (Å²) < 4.78 is 5.22. The first-order chi connectivity index (χ1) is 4.77. The van der Waals surface area contributed by atoms with Gasteiger partial charge in [0, 0.05) is 13.2 Å². The molecule has 2 heteroatoms. The Hall–Kier alpha value is -0.0800.